The van der Waals surface area contributed by atoms with Crippen molar-refractivity contribution in [1.82, 2.24) is 29.6 Å². The highest BCUT2D eigenvalue weighted by atomic mass is 79.9. The molecule has 2 fully saturated rings. The number of halogens is 7. The zero-order valence-corrected chi connectivity index (χ0v) is 24.9. The zero-order chi connectivity index (χ0) is 30.7. The van der Waals surface area contributed by atoms with E-state index in [0.29, 0.717) is 28.7 Å². The summed E-state index contributed by atoms with van der Waals surface area (Å²) in [4.78, 5) is 17.7. The van der Waals surface area contributed by atoms with E-state index in [4.69, 9.17) is 4.98 Å². The molecule has 0 amide bonds. The Morgan fingerprint density at radius 3 is 1.98 bits per heavy atom. The number of alkyl halides is 6. The Bertz CT molecular complexity index is 1600. The maximum Gasteiger partial charge on any atom is 0.416 e. The molecule has 0 atom stereocenters. The highest BCUT2D eigenvalue weighted by Gasteiger charge is 2.40. The summed E-state index contributed by atoms with van der Waals surface area (Å²) in [6.45, 7) is 2.26. The van der Waals surface area contributed by atoms with Gasteiger partial charge in [0.1, 0.15) is 0 Å². The van der Waals surface area contributed by atoms with Gasteiger partial charge in [-0.15, -0.1) is 0 Å². The molecule has 3 heterocycles. The molecule has 6 rings (SSSR count). The Kier molecular flexibility index (Phi) is 7.64. The van der Waals surface area contributed by atoms with Crippen LogP contribution in [0.1, 0.15) is 59.3 Å². The van der Waals surface area contributed by atoms with Gasteiger partial charge in [0.05, 0.1) is 27.0 Å². The maximum absolute atomic E-state index is 13.7. The van der Waals surface area contributed by atoms with Gasteiger partial charge in [-0.05, 0) is 83.9 Å². The number of nitrogens with zero attached hydrogens (tertiary/aromatic N) is 7. The number of hydrogen-bond donors (Lipinski definition) is 0. The number of anilines is 1. The monoisotopic (exact) mass is 667 g/mol. The molecule has 0 N–H and O–H groups in total. The van der Waals surface area contributed by atoms with Crippen molar-refractivity contribution < 1.29 is 26.3 Å². The van der Waals surface area contributed by atoms with Gasteiger partial charge in [0.15, 0.2) is 5.65 Å². The van der Waals surface area contributed by atoms with E-state index in [1.807, 2.05) is 20.0 Å². The molecular weight excluding hydrogens is 640 g/mol. The Hall–Kier alpha value is -3.26. The first-order valence-electron chi connectivity index (χ1n) is 13.8. The highest BCUT2D eigenvalue weighted by molar-refractivity contribution is 9.10. The number of hydrogen-bond acceptors (Lipinski definition) is 6. The summed E-state index contributed by atoms with van der Waals surface area (Å²) >= 11 is 3.29. The van der Waals surface area contributed by atoms with Crippen molar-refractivity contribution in [2.75, 3.05) is 4.90 Å². The van der Waals surface area contributed by atoms with Crippen molar-refractivity contribution in [1.29, 1.82) is 0 Å². The molecule has 228 valence electrons. The molecule has 0 saturated heterocycles. The molecule has 14 heteroatoms. The smallest absolute Gasteiger partial charge is 0.332 e. The second-order valence-corrected chi connectivity index (χ2v) is 12.2. The molecule has 43 heavy (non-hydrogen) atoms. The Balaban J connectivity index is 1.43. The fourth-order valence-corrected chi connectivity index (χ4v) is 5.64. The van der Waals surface area contributed by atoms with Crippen LogP contribution in [0.25, 0.3) is 11.0 Å². The number of rotatable bonds is 9. The van der Waals surface area contributed by atoms with Crippen molar-refractivity contribution in [3.63, 3.8) is 0 Å². The molecule has 0 bridgehead atoms. The molecule has 0 radical (unpaired) electrons. The first kappa shape index (κ1) is 29.8. The second-order valence-electron chi connectivity index (χ2n) is 11.3. The lowest BCUT2D eigenvalue weighted by Crippen LogP contribution is -2.30. The minimum Gasteiger partial charge on any atom is -0.332 e. The number of aryl methyl sites for hydroxylation is 2. The quantitative estimate of drug-likeness (QED) is 0.176. The number of pyridine rings is 1. The van der Waals surface area contributed by atoms with Gasteiger partial charge in [-0.3, -0.25) is 9.58 Å². The van der Waals surface area contributed by atoms with Crippen LogP contribution >= 0.6 is 15.9 Å². The predicted molar refractivity (Wildman–Crippen MR) is 151 cm³/mol. The van der Waals surface area contributed by atoms with E-state index in [9.17, 15) is 26.3 Å². The lowest BCUT2D eigenvalue weighted by molar-refractivity contribution is -0.143. The average Bonchev–Trinajstić information content (AvgIpc) is 3.86. The highest BCUT2D eigenvalue weighted by Crippen LogP contribution is 2.40. The van der Waals surface area contributed by atoms with Crippen LogP contribution in [0.15, 0.2) is 41.1 Å². The summed E-state index contributed by atoms with van der Waals surface area (Å²) in [5, 5.41) is 5.33. The number of fused-ring (bicyclic) bond motifs is 1. The Labute approximate surface area is 252 Å². The van der Waals surface area contributed by atoms with Crippen LogP contribution in [0, 0.1) is 6.92 Å². The van der Waals surface area contributed by atoms with Gasteiger partial charge in [0.25, 0.3) is 0 Å². The SMILES string of the molecule is Cc1nn(C)c2nc(CN(C3CC3)C3CC3)c(CN(Cc3cc(C(F)(F)F)cc(C(F)(F)F)c3)c3ncc(Br)cn3)cc12. The third-order valence-electron chi connectivity index (χ3n) is 7.80. The molecular formula is C29H28BrF6N7. The normalized spacial score (nSPS) is 16.0. The summed E-state index contributed by atoms with van der Waals surface area (Å²) < 4.78 is 84.2. The topological polar surface area (TPSA) is 63.0 Å². The van der Waals surface area contributed by atoms with Crippen molar-refractivity contribution >= 4 is 32.9 Å². The van der Waals surface area contributed by atoms with Gasteiger partial charge in [0, 0.05) is 56.5 Å². The summed E-state index contributed by atoms with van der Waals surface area (Å²) in [5.41, 5.74) is 0.141. The Morgan fingerprint density at radius 2 is 1.44 bits per heavy atom. The van der Waals surface area contributed by atoms with Crippen LogP contribution in [-0.4, -0.2) is 41.7 Å². The molecule has 2 aliphatic rings. The van der Waals surface area contributed by atoms with E-state index in [2.05, 4.69) is 35.9 Å². The van der Waals surface area contributed by atoms with Crippen LogP contribution in [0.5, 0.6) is 0 Å². The standard InChI is InChI=1S/C29H28BrF6N7/c1-16-24-9-18(25(39-26(24)41(2)40-16)15-43(22-3-4-22)23-5-6-23)14-42(27-37-11-21(30)12-38-27)13-17-7-19(28(31,32)33)10-20(8-17)29(34,35)36/h7-12,22-23H,3-6,13-15H2,1-2H3. The third kappa shape index (κ3) is 6.64. The summed E-state index contributed by atoms with van der Waals surface area (Å²) in [6.07, 6.45) is -2.46. The second kappa shape index (κ2) is 11.0. The van der Waals surface area contributed by atoms with Crippen LogP contribution < -0.4 is 4.90 Å². The van der Waals surface area contributed by atoms with Crippen molar-refractivity contribution in [2.45, 2.75) is 76.7 Å². The largest absolute Gasteiger partial charge is 0.416 e. The minimum atomic E-state index is -4.95. The fourth-order valence-electron chi connectivity index (χ4n) is 5.44. The lowest BCUT2D eigenvalue weighted by atomic mass is 10.0. The van der Waals surface area contributed by atoms with Gasteiger partial charge in [-0.25, -0.2) is 15.0 Å². The van der Waals surface area contributed by atoms with Gasteiger partial charge in [-0.1, -0.05) is 0 Å². The van der Waals surface area contributed by atoms with Crippen molar-refractivity contribution in [2.24, 2.45) is 7.05 Å². The van der Waals surface area contributed by atoms with Gasteiger partial charge in [0.2, 0.25) is 5.95 Å². The van der Waals surface area contributed by atoms with E-state index >= 15 is 0 Å². The summed E-state index contributed by atoms with van der Waals surface area (Å²) in [5.74, 6) is 0.157. The molecule has 2 aliphatic carbocycles. The van der Waals surface area contributed by atoms with E-state index in [0.717, 1.165) is 60.2 Å². The molecule has 0 unspecified atom stereocenters. The van der Waals surface area contributed by atoms with Gasteiger partial charge < -0.3 is 4.90 Å². The Morgan fingerprint density at radius 1 is 0.860 bits per heavy atom. The summed E-state index contributed by atoms with van der Waals surface area (Å²) in [6, 6.07) is 4.57. The first-order chi connectivity index (χ1) is 20.3. The maximum atomic E-state index is 13.7. The molecule has 7 nitrogen and oxygen atoms in total. The van der Waals surface area contributed by atoms with E-state index in [-0.39, 0.29) is 30.7 Å². The fraction of sp³-hybridized carbons (Fsp3) is 0.448. The van der Waals surface area contributed by atoms with Gasteiger partial charge >= 0.3 is 12.4 Å². The van der Waals surface area contributed by atoms with Crippen LogP contribution in [0.2, 0.25) is 0 Å². The van der Waals surface area contributed by atoms with Gasteiger partial charge in [-0.2, -0.15) is 31.4 Å². The third-order valence-corrected chi connectivity index (χ3v) is 8.21. The molecule has 1 aromatic carbocycles. The average molecular weight is 668 g/mol. The molecule has 3 aromatic heterocycles. The molecule has 0 spiro atoms. The van der Waals surface area contributed by atoms with Crippen LogP contribution in [-0.2, 0) is 39.0 Å². The van der Waals surface area contributed by atoms with Crippen molar-refractivity contribution in [3.05, 3.63) is 74.8 Å². The van der Waals surface area contributed by atoms with E-state index in [1.54, 1.807) is 9.58 Å². The zero-order valence-electron chi connectivity index (χ0n) is 23.3. The van der Waals surface area contributed by atoms with E-state index < -0.39 is 23.5 Å². The summed E-state index contributed by atoms with van der Waals surface area (Å²) in [7, 11) is 1.82. The predicted octanol–water partition coefficient (Wildman–Crippen LogP) is 7.20. The lowest BCUT2D eigenvalue weighted by Gasteiger charge is -2.27. The first-order valence-corrected chi connectivity index (χ1v) is 14.6. The number of benzene rings is 1. The molecule has 2 saturated carbocycles. The minimum absolute atomic E-state index is 0.106. The van der Waals surface area contributed by atoms with E-state index in [1.165, 1.54) is 12.4 Å². The van der Waals surface area contributed by atoms with Crippen LogP contribution in [0.4, 0.5) is 32.3 Å². The van der Waals surface area contributed by atoms with Crippen molar-refractivity contribution in [3.8, 4) is 0 Å². The molecule has 0 aliphatic heterocycles. The van der Waals surface area contributed by atoms with Crippen LogP contribution in [0.3, 0.4) is 0 Å². The number of aromatic nitrogens is 5. The molecule has 4 aromatic rings.